The molecule has 1 aliphatic carbocycles. The summed E-state index contributed by atoms with van der Waals surface area (Å²) in [7, 11) is 1.79. The summed E-state index contributed by atoms with van der Waals surface area (Å²) in [6.45, 7) is 4.32. The molecular formula is C44H48ClF2N11O3. The number of nitrogens with zero attached hydrogens (tertiary/aromatic N) is 8. The van der Waals surface area contributed by atoms with Crippen LogP contribution in [-0.2, 0) is 24.3 Å². The second kappa shape index (κ2) is 16.0. The third-order valence-electron chi connectivity index (χ3n) is 12.5. The van der Waals surface area contributed by atoms with Gasteiger partial charge in [0.2, 0.25) is 5.91 Å². The number of urea groups is 1. The van der Waals surface area contributed by atoms with Crippen LogP contribution in [-0.4, -0.2) is 99.5 Å². The molecule has 10 rings (SSSR count). The Balaban J connectivity index is 0.00000152. The predicted molar refractivity (Wildman–Crippen MR) is 230 cm³/mol. The lowest BCUT2D eigenvalue weighted by molar-refractivity contribution is -0.227. The first-order chi connectivity index (χ1) is 29.3. The second-order valence-corrected chi connectivity index (χ2v) is 17.2. The van der Waals surface area contributed by atoms with E-state index in [1.165, 1.54) is 34.9 Å². The predicted octanol–water partition coefficient (Wildman–Crippen LogP) is 6.55. The zero-order valence-electron chi connectivity index (χ0n) is 34.2. The van der Waals surface area contributed by atoms with Crippen molar-refractivity contribution in [3.8, 4) is 11.3 Å². The minimum Gasteiger partial charge on any atom is -0.385 e. The van der Waals surface area contributed by atoms with Gasteiger partial charge in [-0.15, -0.1) is 5.10 Å². The Morgan fingerprint density at radius 2 is 1.72 bits per heavy atom. The molecule has 1 spiro atoms. The fourth-order valence-electron chi connectivity index (χ4n) is 9.05. The van der Waals surface area contributed by atoms with E-state index >= 15 is 8.78 Å². The molecule has 4 amide bonds. The minimum atomic E-state index is -2.89. The number of imide groups is 1. The highest BCUT2D eigenvalue weighted by molar-refractivity contribution is 6.34. The van der Waals surface area contributed by atoms with Crippen molar-refractivity contribution in [1.82, 2.24) is 34.7 Å². The van der Waals surface area contributed by atoms with Gasteiger partial charge in [-0.3, -0.25) is 34.6 Å². The number of primary amides is 1. The van der Waals surface area contributed by atoms with Gasteiger partial charge in [0.05, 0.1) is 40.2 Å². The molecule has 61 heavy (non-hydrogen) atoms. The molecule has 5 aliphatic rings. The van der Waals surface area contributed by atoms with Crippen LogP contribution in [0.25, 0.3) is 16.9 Å². The number of fused-ring (bicyclic) bond motifs is 2. The number of imidazole rings is 1. The summed E-state index contributed by atoms with van der Waals surface area (Å²) in [5.41, 5.74) is 12.9. The second-order valence-electron chi connectivity index (χ2n) is 16.8. The van der Waals surface area contributed by atoms with Gasteiger partial charge >= 0.3 is 6.03 Å². The first-order valence-corrected chi connectivity index (χ1v) is 21.2. The van der Waals surface area contributed by atoms with Crippen LogP contribution in [0.1, 0.15) is 64.8 Å². The maximum atomic E-state index is 16.0. The monoisotopic (exact) mass is 851 g/mol. The number of anilines is 4. The lowest BCUT2D eigenvalue weighted by atomic mass is 9.69. The number of carbonyl (C=O) groups excluding carboxylic acids is 3. The van der Waals surface area contributed by atoms with Crippen LogP contribution >= 0.6 is 11.6 Å². The molecule has 4 aliphatic heterocycles. The topological polar surface area (TPSA) is 157 Å². The Labute approximate surface area is 357 Å². The number of alkyl halides is 2. The van der Waals surface area contributed by atoms with Crippen molar-refractivity contribution in [2.45, 2.75) is 64.5 Å². The first-order valence-electron chi connectivity index (χ1n) is 20.8. The maximum Gasteiger partial charge on any atom is 0.328 e. The molecule has 0 radical (unpaired) electrons. The van der Waals surface area contributed by atoms with Crippen molar-refractivity contribution < 1.29 is 23.2 Å². The van der Waals surface area contributed by atoms with E-state index in [4.69, 9.17) is 27.4 Å². The number of amides is 4. The minimum absolute atomic E-state index is 0.159. The van der Waals surface area contributed by atoms with Gasteiger partial charge in [-0.25, -0.2) is 23.1 Å². The van der Waals surface area contributed by atoms with Gasteiger partial charge in [0.25, 0.3) is 11.8 Å². The Morgan fingerprint density at radius 3 is 2.41 bits per heavy atom. The van der Waals surface area contributed by atoms with Gasteiger partial charge in [-0.05, 0) is 66.8 Å². The molecule has 17 heteroatoms. The quantitative estimate of drug-likeness (QED) is 0.149. The molecule has 7 heterocycles. The Bertz CT molecular complexity index is 2540. The number of halogens is 3. The number of likely N-dealkylation sites (tertiary alicyclic amines) is 2. The average Bonchev–Trinajstić information content (AvgIpc) is 3.94. The SMILES string of the molecule is C1CC1.CNc1cc(N2CCc3c(-c4ccc(CN5CC6(CCN(Cc7ccc(Cl)c(N8CCC(=O)NC8=O)c7C)CC6(F)F)C5)cn4)cccc32)nn2c(C(N)=O)cnc12. The summed E-state index contributed by atoms with van der Waals surface area (Å²) in [6, 6.07) is 15.0. The van der Waals surface area contributed by atoms with E-state index in [9.17, 15) is 14.4 Å². The molecule has 2 aromatic carbocycles. The molecular weight excluding hydrogens is 804 g/mol. The summed E-state index contributed by atoms with van der Waals surface area (Å²) >= 11 is 6.50. The summed E-state index contributed by atoms with van der Waals surface area (Å²) in [4.78, 5) is 52.9. The van der Waals surface area contributed by atoms with E-state index in [0.717, 1.165) is 45.6 Å². The van der Waals surface area contributed by atoms with Crippen LogP contribution in [0.3, 0.4) is 0 Å². The van der Waals surface area contributed by atoms with Gasteiger partial charge in [0, 0.05) is 76.3 Å². The standard InChI is InChI=1S/C41H42ClF2N11O3.C3H6/c1-24-26(7-8-29(42)36(24)54-14-11-35(56)49-39(54)58)20-51-15-12-40(41(43,44)23-51)21-52(22-40)19-25-6-9-30(47-17-25)27-4-3-5-32-28(27)10-13-53(32)34-16-31(46-2)38-48-18-33(37(45)57)55(38)50-34;1-2-3-1/h3-9,16-18,46H,10-15,19-23H2,1-2H3,(H2,45,57)(H,49,56,58);1-3H2. The summed E-state index contributed by atoms with van der Waals surface area (Å²) in [5.74, 6) is -3.20. The highest BCUT2D eigenvalue weighted by Crippen LogP contribution is 2.51. The van der Waals surface area contributed by atoms with E-state index in [2.05, 4.69) is 31.5 Å². The molecule has 5 aromatic rings. The van der Waals surface area contributed by atoms with E-state index in [-0.39, 0.29) is 31.1 Å². The number of hydrogen-bond acceptors (Lipinski definition) is 10. The van der Waals surface area contributed by atoms with Gasteiger partial charge in [0.1, 0.15) is 5.69 Å². The van der Waals surface area contributed by atoms with E-state index < -0.39 is 23.3 Å². The fraction of sp³-hybridized carbons (Fsp3) is 0.409. The summed E-state index contributed by atoms with van der Waals surface area (Å²) in [5, 5.41) is 10.6. The largest absolute Gasteiger partial charge is 0.385 e. The molecule has 1 saturated carbocycles. The van der Waals surface area contributed by atoms with Gasteiger partial charge in [-0.1, -0.05) is 55.1 Å². The molecule has 0 bridgehead atoms. The molecule has 14 nitrogen and oxygen atoms in total. The molecule has 4 N–H and O–H groups in total. The summed E-state index contributed by atoms with van der Waals surface area (Å²) < 4.78 is 33.5. The fourth-order valence-corrected chi connectivity index (χ4v) is 9.35. The lowest BCUT2D eigenvalue weighted by Crippen LogP contribution is -2.69. The Morgan fingerprint density at radius 1 is 0.934 bits per heavy atom. The number of nitrogens with one attached hydrogen (secondary N) is 2. The van der Waals surface area contributed by atoms with Crippen molar-refractivity contribution in [3.05, 3.63) is 93.9 Å². The van der Waals surface area contributed by atoms with Crippen LogP contribution in [0.15, 0.2) is 60.9 Å². The molecule has 4 fully saturated rings. The number of nitrogens with two attached hydrogens (primary N) is 1. The van der Waals surface area contributed by atoms with E-state index in [1.807, 2.05) is 49.5 Å². The molecule has 318 valence electrons. The zero-order chi connectivity index (χ0) is 42.6. The molecule has 3 aromatic heterocycles. The third kappa shape index (κ3) is 7.65. The number of rotatable bonds is 9. The number of hydrogen-bond donors (Lipinski definition) is 3. The third-order valence-corrected chi connectivity index (χ3v) is 12.8. The average molecular weight is 852 g/mol. The zero-order valence-corrected chi connectivity index (χ0v) is 34.9. The van der Waals surface area contributed by atoms with Gasteiger partial charge < -0.3 is 16.0 Å². The number of carbonyl (C=O) groups is 3. The van der Waals surface area contributed by atoms with E-state index in [1.54, 1.807) is 18.0 Å². The first kappa shape index (κ1) is 40.7. The van der Waals surface area contributed by atoms with Crippen molar-refractivity contribution in [2.75, 3.05) is 61.4 Å². The maximum absolute atomic E-state index is 16.0. The van der Waals surface area contributed by atoms with Crippen molar-refractivity contribution >= 4 is 58.0 Å². The van der Waals surface area contributed by atoms with Gasteiger partial charge in [-0.2, -0.15) is 0 Å². The van der Waals surface area contributed by atoms with Crippen LogP contribution in [0, 0.1) is 12.3 Å². The van der Waals surface area contributed by atoms with Crippen LogP contribution in [0.5, 0.6) is 0 Å². The smallest absolute Gasteiger partial charge is 0.328 e. The highest BCUT2D eigenvalue weighted by Gasteiger charge is 2.62. The van der Waals surface area contributed by atoms with Crippen molar-refractivity contribution in [3.63, 3.8) is 0 Å². The molecule has 3 saturated heterocycles. The van der Waals surface area contributed by atoms with E-state index in [0.29, 0.717) is 73.6 Å². The molecule has 0 atom stereocenters. The normalized spacial score (nSPS) is 19.3. The van der Waals surface area contributed by atoms with Crippen LogP contribution in [0.4, 0.5) is 36.5 Å². The highest BCUT2D eigenvalue weighted by atomic mass is 35.5. The van der Waals surface area contributed by atoms with Crippen LogP contribution in [0.2, 0.25) is 5.02 Å². The lowest BCUT2D eigenvalue weighted by Gasteiger charge is -2.57. The number of pyridine rings is 1. The van der Waals surface area contributed by atoms with Crippen molar-refractivity contribution in [1.29, 1.82) is 0 Å². The number of benzene rings is 2. The van der Waals surface area contributed by atoms with Crippen molar-refractivity contribution in [2.24, 2.45) is 11.1 Å². The van der Waals surface area contributed by atoms with Gasteiger partial charge in [0.15, 0.2) is 11.5 Å². The van der Waals surface area contributed by atoms with Crippen LogP contribution < -0.4 is 26.2 Å². The summed E-state index contributed by atoms with van der Waals surface area (Å²) in [6.07, 6.45) is 9.05. The molecule has 0 unspecified atom stereocenters. The number of aromatic nitrogens is 4. The Kier molecular flexibility index (Phi) is 10.6. The Hall–Kier alpha value is -5.71. The number of piperidine rings is 1.